The van der Waals surface area contributed by atoms with Gasteiger partial charge >= 0.3 is 5.97 Å². The minimum Gasteiger partial charge on any atom is -0.479 e. The standard InChI is InChI=1S/C31H33FN2O4/c1-18(2)24-8-6-7-22(13-24)16-33-30(35)25-10-11-28-26(15-25)19(3)20(4)34(28)17-23-9-12-29(27(32)14-23)38-21(5)31(36)37/h6-15,18,21H,16-17H2,1-5H3,(H,33,35)(H,36,37). The number of hydrogen-bond acceptors (Lipinski definition) is 3. The number of hydrogen-bond donors (Lipinski definition) is 2. The number of fused-ring (bicyclic) bond motifs is 1. The van der Waals surface area contributed by atoms with E-state index in [4.69, 9.17) is 9.84 Å². The molecule has 2 N–H and O–H groups in total. The van der Waals surface area contributed by atoms with Crippen molar-refractivity contribution in [3.63, 3.8) is 0 Å². The first-order valence-electron chi connectivity index (χ1n) is 12.7. The normalized spacial score (nSPS) is 12.1. The lowest BCUT2D eigenvalue weighted by molar-refractivity contribution is -0.144. The lowest BCUT2D eigenvalue weighted by Gasteiger charge is -2.13. The number of aliphatic carboxylic acids is 1. The molecular weight excluding hydrogens is 483 g/mol. The fraction of sp³-hybridized carbons (Fsp3) is 0.290. The van der Waals surface area contributed by atoms with E-state index in [1.54, 1.807) is 6.07 Å². The number of nitrogens with zero attached hydrogens (tertiary/aromatic N) is 1. The quantitative estimate of drug-likeness (QED) is 0.272. The van der Waals surface area contributed by atoms with Crippen molar-refractivity contribution in [3.05, 3.63) is 100.0 Å². The Hall–Kier alpha value is -4.13. The number of carboxylic acids is 1. The Morgan fingerprint density at radius 3 is 2.45 bits per heavy atom. The summed E-state index contributed by atoms with van der Waals surface area (Å²) >= 11 is 0. The van der Waals surface area contributed by atoms with E-state index >= 15 is 0 Å². The third-order valence-corrected chi connectivity index (χ3v) is 6.96. The molecule has 0 aliphatic heterocycles. The largest absolute Gasteiger partial charge is 0.479 e. The second kappa shape index (κ2) is 11.1. The van der Waals surface area contributed by atoms with Gasteiger partial charge in [-0.1, -0.05) is 44.2 Å². The summed E-state index contributed by atoms with van der Waals surface area (Å²) in [5, 5.41) is 13.0. The van der Waals surface area contributed by atoms with E-state index in [1.165, 1.54) is 24.6 Å². The van der Waals surface area contributed by atoms with Crippen molar-refractivity contribution in [3.8, 4) is 5.75 Å². The number of aromatic nitrogens is 1. The van der Waals surface area contributed by atoms with Crippen LogP contribution in [0.2, 0.25) is 0 Å². The molecular formula is C31H33FN2O4. The maximum Gasteiger partial charge on any atom is 0.344 e. The minimum atomic E-state index is -1.16. The zero-order chi connectivity index (χ0) is 27.6. The van der Waals surface area contributed by atoms with Crippen molar-refractivity contribution in [2.75, 3.05) is 0 Å². The molecule has 4 aromatic rings. The maximum absolute atomic E-state index is 14.6. The highest BCUT2D eigenvalue weighted by Crippen LogP contribution is 2.28. The van der Waals surface area contributed by atoms with Crippen LogP contribution < -0.4 is 10.1 Å². The second-order valence-corrected chi connectivity index (χ2v) is 9.97. The molecule has 1 heterocycles. The van der Waals surface area contributed by atoms with Gasteiger partial charge < -0.3 is 19.7 Å². The molecule has 0 aliphatic carbocycles. The zero-order valence-electron chi connectivity index (χ0n) is 22.3. The molecule has 4 rings (SSSR count). The fourth-order valence-corrected chi connectivity index (χ4v) is 4.50. The van der Waals surface area contributed by atoms with Crippen LogP contribution in [0.5, 0.6) is 5.75 Å². The van der Waals surface area contributed by atoms with E-state index in [1.807, 2.05) is 44.2 Å². The van der Waals surface area contributed by atoms with Gasteiger partial charge in [-0.05, 0) is 79.3 Å². The highest BCUT2D eigenvalue weighted by molar-refractivity contribution is 5.99. The van der Waals surface area contributed by atoms with Gasteiger partial charge in [0.15, 0.2) is 17.7 Å². The third kappa shape index (κ3) is 5.72. The Morgan fingerprint density at radius 1 is 1.00 bits per heavy atom. The van der Waals surface area contributed by atoms with Crippen molar-refractivity contribution in [2.24, 2.45) is 0 Å². The molecule has 0 saturated carbocycles. The van der Waals surface area contributed by atoms with Crippen molar-refractivity contribution >= 4 is 22.8 Å². The molecule has 38 heavy (non-hydrogen) atoms. The maximum atomic E-state index is 14.6. The van der Waals surface area contributed by atoms with Crippen LogP contribution >= 0.6 is 0 Å². The van der Waals surface area contributed by atoms with E-state index < -0.39 is 17.9 Å². The average molecular weight is 517 g/mol. The van der Waals surface area contributed by atoms with Gasteiger partial charge in [-0.3, -0.25) is 4.79 Å². The van der Waals surface area contributed by atoms with Crippen LogP contribution in [0.15, 0.2) is 60.7 Å². The average Bonchev–Trinajstić information content (AvgIpc) is 3.13. The number of benzene rings is 3. The van der Waals surface area contributed by atoms with Crippen molar-refractivity contribution in [2.45, 2.75) is 59.7 Å². The number of carboxylic acid groups (broad SMARTS) is 1. The molecule has 6 nitrogen and oxygen atoms in total. The van der Waals surface area contributed by atoms with Crippen molar-refractivity contribution < 1.29 is 23.8 Å². The first-order chi connectivity index (χ1) is 18.0. The summed E-state index contributed by atoms with van der Waals surface area (Å²) in [7, 11) is 0. The zero-order valence-corrected chi connectivity index (χ0v) is 22.3. The third-order valence-electron chi connectivity index (χ3n) is 6.96. The monoisotopic (exact) mass is 516 g/mol. The predicted octanol–water partition coefficient (Wildman–Crippen LogP) is 6.35. The lowest BCUT2D eigenvalue weighted by atomic mass is 10.0. The van der Waals surface area contributed by atoms with Crippen molar-refractivity contribution in [1.82, 2.24) is 9.88 Å². The van der Waals surface area contributed by atoms with E-state index in [9.17, 15) is 14.0 Å². The van der Waals surface area contributed by atoms with Crippen LogP contribution in [-0.2, 0) is 17.9 Å². The molecule has 0 radical (unpaired) electrons. The number of aryl methyl sites for hydroxylation is 1. The van der Waals surface area contributed by atoms with E-state index in [0.29, 0.717) is 30.1 Å². The summed E-state index contributed by atoms with van der Waals surface area (Å²) in [5.74, 6) is -1.58. The van der Waals surface area contributed by atoms with E-state index in [0.717, 1.165) is 27.7 Å². The summed E-state index contributed by atoms with van der Waals surface area (Å²) in [6.45, 7) is 10.5. The molecule has 198 valence electrons. The number of carbonyl (C=O) groups is 2. The number of carbonyl (C=O) groups excluding carboxylic acids is 1. The molecule has 0 aliphatic rings. The number of halogens is 1. The first-order valence-corrected chi connectivity index (χ1v) is 12.7. The Kier molecular flexibility index (Phi) is 7.86. The first kappa shape index (κ1) is 26.9. The second-order valence-electron chi connectivity index (χ2n) is 9.97. The van der Waals surface area contributed by atoms with E-state index in [2.05, 4.69) is 35.9 Å². The Labute approximate surface area is 222 Å². The Balaban J connectivity index is 1.53. The highest BCUT2D eigenvalue weighted by atomic mass is 19.1. The molecule has 0 bridgehead atoms. The van der Waals surface area contributed by atoms with Gasteiger partial charge in [0.25, 0.3) is 5.91 Å². The number of rotatable bonds is 9. The Bertz CT molecular complexity index is 1510. The topological polar surface area (TPSA) is 80.6 Å². The van der Waals surface area contributed by atoms with Gasteiger partial charge in [0.05, 0.1) is 0 Å². The van der Waals surface area contributed by atoms with Crippen LogP contribution in [0.3, 0.4) is 0 Å². The molecule has 0 fully saturated rings. The highest BCUT2D eigenvalue weighted by Gasteiger charge is 2.17. The van der Waals surface area contributed by atoms with Crippen LogP contribution in [0, 0.1) is 19.7 Å². The molecule has 1 amide bonds. The van der Waals surface area contributed by atoms with Gasteiger partial charge in [0, 0.05) is 35.2 Å². The molecule has 0 spiro atoms. The van der Waals surface area contributed by atoms with Crippen LogP contribution in [0.4, 0.5) is 4.39 Å². The van der Waals surface area contributed by atoms with Crippen molar-refractivity contribution in [1.29, 1.82) is 0 Å². The van der Waals surface area contributed by atoms with Crippen LogP contribution in [0.1, 0.15) is 65.0 Å². The minimum absolute atomic E-state index is 0.0968. The predicted molar refractivity (Wildman–Crippen MR) is 146 cm³/mol. The SMILES string of the molecule is Cc1c(C)n(Cc2ccc(OC(C)C(=O)O)c(F)c2)c2ccc(C(=O)NCc3cccc(C(C)C)c3)cc12. The number of nitrogens with one attached hydrogen (secondary N) is 1. The summed E-state index contributed by atoms with van der Waals surface area (Å²) in [6, 6.07) is 18.4. The van der Waals surface area contributed by atoms with Gasteiger partial charge in [0.1, 0.15) is 0 Å². The fourth-order valence-electron chi connectivity index (χ4n) is 4.50. The molecule has 1 aromatic heterocycles. The summed E-state index contributed by atoms with van der Waals surface area (Å²) < 4.78 is 21.9. The molecule has 1 unspecified atom stereocenters. The van der Waals surface area contributed by atoms with Crippen LogP contribution in [0.25, 0.3) is 10.9 Å². The van der Waals surface area contributed by atoms with Gasteiger partial charge in [-0.2, -0.15) is 0 Å². The Morgan fingerprint density at radius 2 is 1.76 bits per heavy atom. The van der Waals surface area contributed by atoms with Gasteiger partial charge in [-0.15, -0.1) is 0 Å². The summed E-state index contributed by atoms with van der Waals surface area (Å²) in [4.78, 5) is 24.0. The molecule has 3 aromatic carbocycles. The van der Waals surface area contributed by atoms with Gasteiger partial charge in [-0.25, -0.2) is 9.18 Å². The van der Waals surface area contributed by atoms with Crippen LogP contribution in [-0.4, -0.2) is 27.7 Å². The molecule has 0 saturated heterocycles. The summed E-state index contributed by atoms with van der Waals surface area (Å²) in [6.07, 6.45) is -1.15. The molecule has 1 atom stereocenters. The lowest BCUT2D eigenvalue weighted by Crippen LogP contribution is -2.23. The number of amides is 1. The number of ether oxygens (including phenoxy) is 1. The van der Waals surface area contributed by atoms with E-state index in [-0.39, 0.29) is 11.7 Å². The van der Waals surface area contributed by atoms with Gasteiger partial charge in [0.2, 0.25) is 0 Å². The smallest absolute Gasteiger partial charge is 0.344 e. The summed E-state index contributed by atoms with van der Waals surface area (Å²) in [5.41, 5.74) is 6.60. The molecule has 7 heteroatoms.